The van der Waals surface area contributed by atoms with E-state index in [1.54, 1.807) is 30.3 Å². The van der Waals surface area contributed by atoms with Crippen molar-refractivity contribution >= 4 is 10.0 Å². The Morgan fingerprint density at radius 3 is 2.51 bits per heavy atom. The predicted octanol–water partition coefficient (Wildman–Crippen LogP) is 3.71. The lowest BCUT2D eigenvalue weighted by Crippen LogP contribution is -2.47. The molecule has 206 valence electrons. The molecule has 0 spiro atoms. The van der Waals surface area contributed by atoms with E-state index in [0.717, 1.165) is 16.4 Å². The monoisotopic (exact) mass is 557 g/mol. The van der Waals surface area contributed by atoms with Crippen LogP contribution in [0.3, 0.4) is 0 Å². The third kappa shape index (κ3) is 5.43. The Morgan fingerprint density at radius 1 is 1.10 bits per heavy atom. The largest absolute Gasteiger partial charge is 0.382 e. The van der Waals surface area contributed by atoms with Crippen LogP contribution in [0.1, 0.15) is 53.4 Å². The van der Waals surface area contributed by atoms with E-state index in [2.05, 4.69) is 16.4 Å². The number of ether oxygens (including phenoxy) is 1. The van der Waals surface area contributed by atoms with Crippen LogP contribution < -0.4 is 10.9 Å². The number of halogens is 2. The summed E-state index contributed by atoms with van der Waals surface area (Å²) in [6, 6.07) is 11.5. The fourth-order valence-electron chi connectivity index (χ4n) is 5.49. The maximum absolute atomic E-state index is 15.7. The first-order valence-corrected chi connectivity index (χ1v) is 14.2. The van der Waals surface area contributed by atoms with Crippen LogP contribution in [0.4, 0.5) is 8.78 Å². The first-order valence-electron chi connectivity index (χ1n) is 12.7. The van der Waals surface area contributed by atoms with Gasteiger partial charge < -0.3 is 9.26 Å². The van der Waals surface area contributed by atoms with Crippen LogP contribution in [0.5, 0.6) is 0 Å². The van der Waals surface area contributed by atoms with Gasteiger partial charge in [-0.25, -0.2) is 17.2 Å². The molecule has 2 N–H and O–H groups in total. The van der Waals surface area contributed by atoms with Gasteiger partial charge in [0.2, 0.25) is 10.0 Å². The van der Waals surface area contributed by atoms with Crippen molar-refractivity contribution in [1.29, 1.82) is 0 Å². The van der Waals surface area contributed by atoms with Crippen molar-refractivity contribution < 1.29 is 26.5 Å². The van der Waals surface area contributed by atoms with Gasteiger partial charge in [0.05, 0.1) is 18.1 Å². The van der Waals surface area contributed by atoms with Crippen molar-refractivity contribution in [3.63, 3.8) is 0 Å². The van der Waals surface area contributed by atoms with Crippen LogP contribution in [0, 0.1) is 24.0 Å². The fourth-order valence-corrected chi connectivity index (χ4v) is 7.59. The SMILES string of the molecule is C#C[C@H]1CC[C@H](c2ccccc2)S(=O)(=O)N1Cc1cc(F)c(C2(NCc3cc(=O)[nH]o3)CCOCC2)cc1F. The maximum Gasteiger partial charge on any atom is 0.280 e. The van der Waals surface area contributed by atoms with Crippen LogP contribution in [0.15, 0.2) is 57.8 Å². The molecule has 0 unspecified atom stereocenters. The zero-order valence-corrected chi connectivity index (χ0v) is 22.0. The van der Waals surface area contributed by atoms with Gasteiger partial charge in [-0.05, 0) is 43.4 Å². The van der Waals surface area contributed by atoms with E-state index in [9.17, 15) is 13.2 Å². The second-order valence-electron chi connectivity index (χ2n) is 9.90. The number of nitrogens with one attached hydrogen (secondary N) is 2. The summed E-state index contributed by atoms with van der Waals surface area (Å²) < 4.78 is 70.3. The Kier molecular flexibility index (Phi) is 7.73. The summed E-state index contributed by atoms with van der Waals surface area (Å²) in [7, 11) is -3.95. The molecule has 2 atom stereocenters. The van der Waals surface area contributed by atoms with E-state index in [0.29, 0.717) is 50.2 Å². The number of aromatic nitrogens is 1. The molecular formula is C28H29F2N3O5S. The Hall–Kier alpha value is -3.30. The van der Waals surface area contributed by atoms with Crippen molar-refractivity contribution in [3.8, 4) is 12.3 Å². The summed E-state index contributed by atoms with van der Waals surface area (Å²) in [6.07, 6.45) is 7.12. The lowest BCUT2D eigenvalue weighted by Gasteiger charge is -2.39. The van der Waals surface area contributed by atoms with E-state index < -0.39 is 44.0 Å². The number of hydrogen-bond donors (Lipinski definition) is 2. The topological polar surface area (TPSA) is 105 Å². The van der Waals surface area contributed by atoms with Gasteiger partial charge in [0, 0.05) is 37.0 Å². The number of H-pyrrole nitrogens is 1. The molecule has 11 heteroatoms. The number of aromatic amines is 1. The molecule has 0 amide bonds. The van der Waals surface area contributed by atoms with Gasteiger partial charge in [-0.15, -0.1) is 6.42 Å². The molecule has 0 saturated carbocycles. The predicted molar refractivity (Wildman–Crippen MR) is 140 cm³/mol. The summed E-state index contributed by atoms with van der Waals surface area (Å²) >= 11 is 0. The minimum atomic E-state index is -3.95. The van der Waals surface area contributed by atoms with Gasteiger partial charge in [-0.1, -0.05) is 36.3 Å². The van der Waals surface area contributed by atoms with Crippen LogP contribution in [0.2, 0.25) is 0 Å². The molecule has 2 fully saturated rings. The highest BCUT2D eigenvalue weighted by Gasteiger charge is 2.42. The second-order valence-corrected chi connectivity index (χ2v) is 12.0. The molecule has 0 bridgehead atoms. The molecule has 2 aliphatic rings. The van der Waals surface area contributed by atoms with Crippen molar-refractivity contribution in [2.45, 2.75) is 55.6 Å². The Morgan fingerprint density at radius 2 is 1.85 bits per heavy atom. The zero-order valence-electron chi connectivity index (χ0n) is 21.2. The van der Waals surface area contributed by atoms with Crippen LogP contribution in [-0.4, -0.2) is 37.1 Å². The second kappa shape index (κ2) is 11.1. The molecule has 8 nitrogen and oxygen atoms in total. The molecule has 3 heterocycles. The van der Waals surface area contributed by atoms with Crippen molar-refractivity contribution in [2.24, 2.45) is 0 Å². The Labute approximate surface area is 225 Å². The van der Waals surface area contributed by atoms with Gasteiger partial charge in [0.25, 0.3) is 5.56 Å². The molecule has 0 radical (unpaired) electrons. The average molecular weight is 558 g/mol. The van der Waals surface area contributed by atoms with E-state index in [-0.39, 0.29) is 24.2 Å². The summed E-state index contributed by atoms with van der Waals surface area (Å²) in [4.78, 5) is 11.4. The van der Waals surface area contributed by atoms with E-state index >= 15 is 8.78 Å². The summed E-state index contributed by atoms with van der Waals surface area (Å²) in [6.45, 7) is 0.368. The van der Waals surface area contributed by atoms with Gasteiger partial charge in [-0.3, -0.25) is 10.1 Å². The van der Waals surface area contributed by atoms with E-state index in [1.165, 1.54) is 6.07 Å². The molecule has 5 rings (SSSR count). The molecule has 2 saturated heterocycles. The maximum atomic E-state index is 15.7. The van der Waals surface area contributed by atoms with Crippen LogP contribution >= 0.6 is 0 Å². The van der Waals surface area contributed by atoms with Gasteiger partial charge in [0.15, 0.2) is 5.76 Å². The Balaban J connectivity index is 1.45. The average Bonchev–Trinajstić information content (AvgIpc) is 3.36. The highest BCUT2D eigenvalue weighted by Crippen LogP contribution is 2.39. The van der Waals surface area contributed by atoms with Gasteiger partial charge in [-0.2, -0.15) is 9.46 Å². The molecular weight excluding hydrogens is 528 g/mol. The van der Waals surface area contributed by atoms with Gasteiger partial charge in [0.1, 0.15) is 16.9 Å². The van der Waals surface area contributed by atoms with E-state index in [4.69, 9.17) is 15.7 Å². The number of benzene rings is 2. The molecule has 39 heavy (non-hydrogen) atoms. The first kappa shape index (κ1) is 27.3. The lowest BCUT2D eigenvalue weighted by atomic mass is 9.81. The van der Waals surface area contributed by atoms with Crippen molar-refractivity contribution in [3.05, 3.63) is 93.0 Å². The normalized spacial score (nSPS) is 22.8. The quantitative estimate of drug-likeness (QED) is 0.430. The summed E-state index contributed by atoms with van der Waals surface area (Å²) in [5, 5.41) is 4.62. The molecule has 0 aliphatic carbocycles. The van der Waals surface area contributed by atoms with Crippen molar-refractivity contribution in [1.82, 2.24) is 14.8 Å². The highest BCUT2D eigenvalue weighted by atomic mass is 32.2. The number of hydrogen-bond acceptors (Lipinski definition) is 6. The molecule has 3 aromatic rings. The first-order chi connectivity index (χ1) is 18.7. The third-order valence-electron chi connectivity index (χ3n) is 7.60. The number of terminal acetylenes is 1. The van der Waals surface area contributed by atoms with Crippen LogP contribution in [0.25, 0.3) is 0 Å². The zero-order chi connectivity index (χ0) is 27.6. The van der Waals surface area contributed by atoms with E-state index in [1.807, 2.05) is 0 Å². The smallest absolute Gasteiger partial charge is 0.280 e. The lowest BCUT2D eigenvalue weighted by molar-refractivity contribution is 0.0332. The summed E-state index contributed by atoms with van der Waals surface area (Å²) in [5.41, 5.74) is -0.753. The highest BCUT2D eigenvalue weighted by molar-refractivity contribution is 7.89. The number of rotatable bonds is 7. The third-order valence-corrected chi connectivity index (χ3v) is 9.86. The number of sulfonamides is 1. The summed E-state index contributed by atoms with van der Waals surface area (Å²) in [5.74, 6) is 1.42. The minimum Gasteiger partial charge on any atom is -0.382 e. The minimum absolute atomic E-state index is 0.0992. The van der Waals surface area contributed by atoms with Gasteiger partial charge >= 0.3 is 0 Å². The standard InChI is InChI=1S/C28H29F2N3O5S/c1-2-21-8-9-26(19-6-4-3-5-7-19)39(35,36)33(21)18-20-14-25(30)23(16-24(20)29)28(10-12-37-13-11-28)31-17-22-15-27(34)32-38-22/h1,3-7,14-16,21,26,31H,8-13,17-18H2,(H,32,34)/t21-,26+/m0/s1. The molecule has 1 aromatic heterocycles. The molecule has 2 aromatic carbocycles. The number of nitrogens with zero attached hydrogens (tertiary/aromatic N) is 1. The molecule has 2 aliphatic heterocycles. The van der Waals surface area contributed by atoms with Crippen LogP contribution in [-0.2, 0) is 33.4 Å². The Bertz CT molecular complexity index is 1520. The fraction of sp³-hybridized carbons (Fsp3) is 0.393. The van der Waals surface area contributed by atoms with Crippen molar-refractivity contribution in [2.75, 3.05) is 13.2 Å².